The summed E-state index contributed by atoms with van der Waals surface area (Å²) in [5.74, 6) is 0.840. The first kappa shape index (κ1) is 13.2. The minimum atomic E-state index is -0.403. The summed E-state index contributed by atoms with van der Waals surface area (Å²) in [6.45, 7) is 2.04. The summed E-state index contributed by atoms with van der Waals surface area (Å²) in [7, 11) is 0. The number of benzene rings is 2. The van der Waals surface area contributed by atoms with E-state index in [-0.39, 0.29) is 6.10 Å². The molecule has 0 aromatic heterocycles. The van der Waals surface area contributed by atoms with Crippen LogP contribution in [0.3, 0.4) is 0 Å². The highest BCUT2D eigenvalue weighted by atomic mass is 16.5. The molecule has 2 aromatic rings. The fourth-order valence-electron chi connectivity index (χ4n) is 2.79. The van der Waals surface area contributed by atoms with Crippen molar-refractivity contribution < 1.29 is 9.84 Å². The number of aliphatic hydroxyl groups is 1. The summed E-state index contributed by atoms with van der Waals surface area (Å²) < 4.78 is 6.02. The van der Waals surface area contributed by atoms with Gasteiger partial charge in [-0.1, -0.05) is 42.0 Å². The second-order valence-electron chi connectivity index (χ2n) is 5.56. The van der Waals surface area contributed by atoms with Crippen LogP contribution in [0.2, 0.25) is 0 Å². The summed E-state index contributed by atoms with van der Waals surface area (Å²) in [4.78, 5) is 0. The smallest absolute Gasteiger partial charge is 0.125 e. The maximum Gasteiger partial charge on any atom is 0.125 e. The number of ether oxygens (including phenoxy) is 1. The molecule has 1 unspecified atom stereocenters. The van der Waals surface area contributed by atoms with Crippen molar-refractivity contribution in [1.82, 2.24) is 0 Å². The van der Waals surface area contributed by atoms with Gasteiger partial charge in [-0.05, 0) is 37.5 Å². The van der Waals surface area contributed by atoms with Crippen molar-refractivity contribution in [2.24, 2.45) is 0 Å². The average molecular weight is 268 g/mol. The predicted molar refractivity (Wildman–Crippen MR) is 79.9 cm³/mol. The van der Waals surface area contributed by atoms with E-state index in [1.165, 1.54) is 5.56 Å². The van der Waals surface area contributed by atoms with Gasteiger partial charge < -0.3 is 9.84 Å². The zero-order valence-corrected chi connectivity index (χ0v) is 11.8. The molecule has 0 bridgehead atoms. The molecule has 0 spiro atoms. The molecule has 0 saturated carbocycles. The molecule has 2 heteroatoms. The Bertz CT molecular complexity index is 577. The van der Waals surface area contributed by atoms with Gasteiger partial charge in [0.05, 0.1) is 6.10 Å². The van der Waals surface area contributed by atoms with Crippen LogP contribution >= 0.6 is 0 Å². The Labute approximate surface area is 120 Å². The van der Waals surface area contributed by atoms with Crippen LogP contribution in [-0.4, -0.2) is 11.2 Å². The molecule has 104 valence electrons. The Morgan fingerprint density at radius 2 is 1.95 bits per heavy atom. The standard InChI is InChI=1S/C18H20O2/c1-13-7-10-18-16(11-13)17(19)12-15(20-18)9-8-14-5-3-2-4-6-14/h2-7,10-11,15,17,19H,8-9,12H2,1H3/t15?,17-/m0/s1. The van der Waals surface area contributed by atoms with Crippen molar-refractivity contribution in [2.75, 3.05) is 0 Å². The van der Waals surface area contributed by atoms with E-state index in [0.717, 1.165) is 29.7 Å². The second kappa shape index (κ2) is 5.68. The highest BCUT2D eigenvalue weighted by molar-refractivity contribution is 5.40. The van der Waals surface area contributed by atoms with Gasteiger partial charge in [0, 0.05) is 12.0 Å². The molecule has 0 aliphatic carbocycles. The Morgan fingerprint density at radius 1 is 1.15 bits per heavy atom. The lowest BCUT2D eigenvalue weighted by Gasteiger charge is -2.30. The predicted octanol–water partition coefficient (Wildman–Crippen LogP) is 3.81. The van der Waals surface area contributed by atoms with Gasteiger partial charge in [-0.15, -0.1) is 0 Å². The van der Waals surface area contributed by atoms with Gasteiger partial charge in [0.2, 0.25) is 0 Å². The number of aliphatic hydroxyl groups excluding tert-OH is 1. The molecule has 0 fully saturated rings. The minimum absolute atomic E-state index is 0.0976. The van der Waals surface area contributed by atoms with Gasteiger partial charge in [0.15, 0.2) is 0 Å². The fourth-order valence-corrected chi connectivity index (χ4v) is 2.79. The van der Waals surface area contributed by atoms with E-state index in [2.05, 4.69) is 24.3 Å². The summed E-state index contributed by atoms with van der Waals surface area (Å²) in [5.41, 5.74) is 3.41. The van der Waals surface area contributed by atoms with Gasteiger partial charge in [-0.25, -0.2) is 0 Å². The molecular formula is C18H20O2. The molecule has 1 aliphatic rings. The lowest BCUT2D eigenvalue weighted by Crippen LogP contribution is -2.26. The van der Waals surface area contributed by atoms with Crippen LogP contribution in [-0.2, 0) is 6.42 Å². The summed E-state index contributed by atoms with van der Waals surface area (Å²) >= 11 is 0. The van der Waals surface area contributed by atoms with E-state index < -0.39 is 6.10 Å². The molecule has 1 aliphatic heterocycles. The van der Waals surface area contributed by atoms with Crippen molar-refractivity contribution >= 4 is 0 Å². The third kappa shape index (κ3) is 2.86. The van der Waals surface area contributed by atoms with Gasteiger partial charge >= 0.3 is 0 Å². The topological polar surface area (TPSA) is 29.5 Å². The molecule has 0 saturated heterocycles. The minimum Gasteiger partial charge on any atom is -0.490 e. The molecule has 20 heavy (non-hydrogen) atoms. The van der Waals surface area contributed by atoms with Crippen molar-refractivity contribution in [3.63, 3.8) is 0 Å². The van der Waals surface area contributed by atoms with Crippen molar-refractivity contribution in [3.05, 3.63) is 65.2 Å². The van der Waals surface area contributed by atoms with Crippen LogP contribution in [0.4, 0.5) is 0 Å². The quantitative estimate of drug-likeness (QED) is 0.917. The summed E-state index contributed by atoms with van der Waals surface area (Å²) in [6.07, 6.45) is 2.30. The maximum atomic E-state index is 10.3. The van der Waals surface area contributed by atoms with Crippen LogP contribution in [0.5, 0.6) is 5.75 Å². The lowest BCUT2D eigenvalue weighted by atomic mass is 9.94. The van der Waals surface area contributed by atoms with Crippen LogP contribution in [0.15, 0.2) is 48.5 Å². The third-order valence-corrected chi connectivity index (χ3v) is 3.90. The largest absolute Gasteiger partial charge is 0.490 e. The number of aryl methyl sites for hydroxylation is 2. The fraction of sp³-hybridized carbons (Fsp3) is 0.333. The number of fused-ring (bicyclic) bond motifs is 1. The maximum absolute atomic E-state index is 10.3. The molecular weight excluding hydrogens is 248 g/mol. The molecule has 2 nitrogen and oxygen atoms in total. The van der Waals surface area contributed by atoms with E-state index in [9.17, 15) is 5.11 Å². The first-order valence-corrected chi connectivity index (χ1v) is 7.21. The van der Waals surface area contributed by atoms with Crippen LogP contribution in [0.25, 0.3) is 0 Å². The van der Waals surface area contributed by atoms with E-state index >= 15 is 0 Å². The molecule has 0 radical (unpaired) electrons. The highest BCUT2D eigenvalue weighted by Crippen LogP contribution is 2.36. The summed E-state index contributed by atoms with van der Waals surface area (Å²) in [5, 5.41) is 10.3. The van der Waals surface area contributed by atoms with Gasteiger partial charge in [-0.2, -0.15) is 0 Å². The molecule has 0 amide bonds. The average Bonchev–Trinajstić information content (AvgIpc) is 2.47. The van der Waals surface area contributed by atoms with Gasteiger partial charge in [0.1, 0.15) is 11.9 Å². The highest BCUT2D eigenvalue weighted by Gasteiger charge is 2.26. The van der Waals surface area contributed by atoms with E-state index in [1.54, 1.807) is 0 Å². The van der Waals surface area contributed by atoms with Crippen LogP contribution in [0.1, 0.15) is 35.6 Å². The first-order chi connectivity index (χ1) is 9.72. The molecule has 2 aromatic carbocycles. The number of hydrogen-bond acceptors (Lipinski definition) is 2. The molecule has 1 heterocycles. The van der Waals surface area contributed by atoms with E-state index in [4.69, 9.17) is 4.74 Å². The molecule has 2 atom stereocenters. The van der Waals surface area contributed by atoms with E-state index in [1.807, 2.05) is 31.2 Å². The normalized spacial score (nSPS) is 21.1. The Morgan fingerprint density at radius 3 is 2.75 bits per heavy atom. The monoisotopic (exact) mass is 268 g/mol. The molecule has 3 rings (SSSR count). The van der Waals surface area contributed by atoms with Crippen molar-refractivity contribution in [3.8, 4) is 5.75 Å². The van der Waals surface area contributed by atoms with Crippen LogP contribution in [0, 0.1) is 6.92 Å². The zero-order valence-electron chi connectivity index (χ0n) is 11.8. The van der Waals surface area contributed by atoms with Gasteiger partial charge in [-0.3, -0.25) is 0 Å². The SMILES string of the molecule is Cc1ccc2c(c1)[C@@H](O)CC(CCc1ccccc1)O2. The van der Waals surface area contributed by atoms with E-state index in [0.29, 0.717) is 6.42 Å². The number of hydrogen-bond donors (Lipinski definition) is 1. The zero-order chi connectivity index (χ0) is 13.9. The Hall–Kier alpha value is -1.80. The van der Waals surface area contributed by atoms with Crippen molar-refractivity contribution in [1.29, 1.82) is 0 Å². The van der Waals surface area contributed by atoms with Crippen molar-refractivity contribution in [2.45, 2.75) is 38.4 Å². The second-order valence-corrected chi connectivity index (χ2v) is 5.56. The third-order valence-electron chi connectivity index (χ3n) is 3.90. The Kier molecular flexibility index (Phi) is 3.75. The summed E-state index contributed by atoms with van der Waals surface area (Å²) in [6, 6.07) is 16.4. The molecule has 1 N–H and O–H groups in total. The van der Waals surface area contributed by atoms with Crippen LogP contribution < -0.4 is 4.74 Å². The number of rotatable bonds is 3. The Balaban J connectivity index is 1.67. The van der Waals surface area contributed by atoms with Gasteiger partial charge in [0.25, 0.3) is 0 Å². The lowest BCUT2D eigenvalue weighted by molar-refractivity contribution is 0.0619. The first-order valence-electron chi connectivity index (χ1n) is 7.21.